The summed E-state index contributed by atoms with van der Waals surface area (Å²) >= 11 is 0. The maximum Gasteiger partial charge on any atom is 0.246 e. The highest BCUT2D eigenvalue weighted by Crippen LogP contribution is 2.37. The molecule has 2 atom stereocenters. The number of nitrogens with one attached hydrogen (secondary N) is 2. The molecule has 7 nitrogen and oxygen atoms in total. The standard InChI is InChI=1S/C20H35N3O4Si/c1-13(21)18(25)22-14(2)19(26)23-17-9-15(11-24)8-16(10-17)12-27-28(6,7)20(3,4)5/h8-10,13-14,24H,11-12,21H2,1-7H3,(H,22,25)(H,23,26)/t13-,14-/m0/s1. The van der Waals surface area contributed by atoms with E-state index in [9.17, 15) is 14.7 Å². The van der Waals surface area contributed by atoms with Gasteiger partial charge in [0.2, 0.25) is 11.8 Å². The molecule has 0 aliphatic carbocycles. The van der Waals surface area contributed by atoms with Gasteiger partial charge < -0.3 is 25.9 Å². The van der Waals surface area contributed by atoms with Crippen molar-refractivity contribution in [3.63, 3.8) is 0 Å². The molecule has 2 amide bonds. The summed E-state index contributed by atoms with van der Waals surface area (Å²) in [6.07, 6.45) is 0. The second kappa shape index (κ2) is 9.64. The highest BCUT2D eigenvalue weighted by atomic mass is 28.4. The van der Waals surface area contributed by atoms with E-state index in [0.717, 1.165) is 5.56 Å². The minimum Gasteiger partial charge on any atom is -0.413 e. The van der Waals surface area contributed by atoms with Crippen molar-refractivity contribution in [1.82, 2.24) is 5.32 Å². The van der Waals surface area contributed by atoms with E-state index in [-0.39, 0.29) is 17.6 Å². The fraction of sp³-hybridized carbons (Fsp3) is 0.600. The SMILES string of the molecule is C[C@H](N)C(=O)N[C@@H](C)C(=O)Nc1cc(CO)cc(CO[Si](C)(C)C(C)(C)C)c1. The van der Waals surface area contributed by atoms with Crippen molar-refractivity contribution >= 4 is 25.8 Å². The summed E-state index contributed by atoms with van der Waals surface area (Å²) in [4.78, 5) is 24.0. The molecule has 0 aromatic heterocycles. The molecular formula is C20H35N3O4Si. The van der Waals surface area contributed by atoms with E-state index in [4.69, 9.17) is 10.2 Å². The van der Waals surface area contributed by atoms with Crippen molar-refractivity contribution in [3.8, 4) is 0 Å². The first-order valence-electron chi connectivity index (χ1n) is 9.51. The van der Waals surface area contributed by atoms with Crippen molar-refractivity contribution in [2.45, 2.75) is 78.0 Å². The maximum absolute atomic E-state index is 12.4. The van der Waals surface area contributed by atoms with Crippen LogP contribution in [0.4, 0.5) is 5.69 Å². The van der Waals surface area contributed by atoms with E-state index in [2.05, 4.69) is 44.5 Å². The van der Waals surface area contributed by atoms with Gasteiger partial charge in [0.05, 0.1) is 19.3 Å². The average molecular weight is 410 g/mol. The number of benzene rings is 1. The molecule has 5 N–H and O–H groups in total. The number of carbonyl (C=O) groups is 2. The van der Waals surface area contributed by atoms with Gasteiger partial charge in [0, 0.05) is 5.69 Å². The predicted octanol–water partition coefficient (Wildman–Crippen LogP) is 2.49. The smallest absolute Gasteiger partial charge is 0.246 e. The number of aliphatic hydroxyl groups is 1. The van der Waals surface area contributed by atoms with Crippen LogP contribution in [0.5, 0.6) is 0 Å². The molecule has 1 aromatic rings. The summed E-state index contributed by atoms with van der Waals surface area (Å²) in [7, 11) is -1.92. The first-order valence-corrected chi connectivity index (χ1v) is 12.4. The summed E-state index contributed by atoms with van der Waals surface area (Å²) in [5, 5.41) is 15.0. The lowest BCUT2D eigenvalue weighted by Crippen LogP contribution is -2.47. The number of aliphatic hydroxyl groups excluding tert-OH is 1. The van der Waals surface area contributed by atoms with Crippen LogP contribution in [-0.4, -0.2) is 37.3 Å². The molecule has 8 heteroatoms. The Morgan fingerprint density at radius 1 is 1.14 bits per heavy atom. The average Bonchev–Trinajstić information content (AvgIpc) is 2.58. The highest BCUT2D eigenvalue weighted by Gasteiger charge is 2.37. The zero-order chi connectivity index (χ0) is 21.7. The molecule has 0 bridgehead atoms. The molecule has 0 radical (unpaired) electrons. The number of rotatable bonds is 8. The van der Waals surface area contributed by atoms with Crippen molar-refractivity contribution in [1.29, 1.82) is 0 Å². The fourth-order valence-electron chi connectivity index (χ4n) is 2.15. The van der Waals surface area contributed by atoms with Crippen LogP contribution in [0.25, 0.3) is 0 Å². The Balaban J connectivity index is 2.89. The molecule has 0 aliphatic rings. The molecule has 1 rings (SSSR count). The zero-order valence-corrected chi connectivity index (χ0v) is 19.1. The van der Waals surface area contributed by atoms with Gasteiger partial charge in [0.1, 0.15) is 6.04 Å². The largest absolute Gasteiger partial charge is 0.413 e. The molecule has 1 aromatic carbocycles. The summed E-state index contributed by atoms with van der Waals surface area (Å²) in [5.41, 5.74) is 7.61. The number of nitrogens with two attached hydrogens (primary N) is 1. The Labute approximate surface area is 169 Å². The quantitative estimate of drug-likeness (QED) is 0.493. The van der Waals surface area contributed by atoms with Gasteiger partial charge in [-0.15, -0.1) is 0 Å². The van der Waals surface area contributed by atoms with Crippen molar-refractivity contribution in [3.05, 3.63) is 29.3 Å². The molecule has 0 spiro atoms. The van der Waals surface area contributed by atoms with Crippen LogP contribution >= 0.6 is 0 Å². The van der Waals surface area contributed by atoms with Gasteiger partial charge in [-0.3, -0.25) is 9.59 Å². The van der Waals surface area contributed by atoms with Crippen LogP contribution in [0.3, 0.4) is 0 Å². The van der Waals surface area contributed by atoms with Crippen LogP contribution in [0.2, 0.25) is 18.1 Å². The lowest BCUT2D eigenvalue weighted by atomic mass is 10.1. The van der Waals surface area contributed by atoms with Gasteiger partial charge in [-0.25, -0.2) is 0 Å². The summed E-state index contributed by atoms with van der Waals surface area (Å²) in [6.45, 7) is 14.3. The number of anilines is 1. The number of amides is 2. The molecule has 0 fully saturated rings. The fourth-order valence-corrected chi connectivity index (χ4v) is 3.11. The van der Waals surface area contributed by atoms with Crippen molar-refractivity contribution in [2.75, 3.05) is 5.32 Å². The second-order valence-corrected chi connectivity index (χ2v) is 13.6. The van der Waals surface area contributed by atoms with Gasteiger partial charge in [-0.05, 0) is 55.2 Å². The van der Waals surface area contributed by atoms with E-state index < -0.39 is 26.3 Å². The normalized spacial score (nSPS) is 14.3. The van der Waals surface area contributed by atoms with Gasteiger partial charge in [0.15, 0.2) is 8.32 Å². The lowest BCUT2D eigenvalue weighted by molar-refractivity contribution is -0.126. The van der Waals surface area contributed by atoms with Gasteiger partial charge >= 0.3 is 0 Å². The Morgan fingerprint density at radius 2 is 1.71 bits per heavy atom. The first-order chi connectivity index (χ1) is 12.8. The molecule has 0 saturated carbocycles. The monoisotopic (exact) mass is 409 g/mol. The summed E-state index contributed by atoms with van der Waals surface area (Å²) in [6, 6.07) is 3.97. The molecule has 28 heavy (non-hydrogen) atoms. The number of hydrogen-bond donors (Lipinski definition) is 4. The summed E-state index contributed by atoms with van der Waals surface area (Å²) < 4.78 is 6.24. The summed E-state index contributed by atoms with van der Waals surface area (Å²) in [5.74, 6) is -0.754. The van der Waals surface area contributed by atoms with Crippen molar-refractivity contribution < 1.29 is 19.1 Å². The third-order valence-corrected chi connectivity index (χ3v) is 9.55. The van der Waals surface area contributed by atoms with Gasteiger partial charge in [0.25, 0.3) is 0 Å². The minimum absolute atomic E-state index is 0.0897. The number of hydrogen-bond acceptors (Lipinski definition) is 5. The zero-order valence-electron chi connectivity index (χ0n) is 18.1. The Hall–Kier alpha value is -1.74. The number of carbonyl (C=O) groups excluding carboxylic acids is 2. The molecule has 0 saturated heterocycles. The third-order valence-electron chi connectivity index (χ3n) is 5.07. The lowest BCUT2D eigenvalue weighted by Gasteiger charge is -2.36. The van der Waals surface area contributed by atoms with Crippen LogP contribution in [0.1, 0.15) is 45.7 Å². The van der Waals surface area contributed by atoms with Crippen LogP contribution in [-0.2, 0) is 27.2 Å². The van der Waals surface area contributed by atoms with Crippen LogP contribution < -0.4 is 16.4 Å². The first kappa shape index (κ1) is 24.3. The molecule has 0 unspecified atom stereocenters. The third kappa shape index (κ3) is 7.01. The Kier molecular flexibility index (Phi) is 8.37. The molecule has 0 heterocycles. The topological polar surface area (TPSA) is 114 Å². The second-order valence-electron chi connectivity index (χ2n) is 8.75. The maximum atomic E-state index is 12.4. The van der Waals surface area contributed by atoms with Gasteiger partial charge in [-0.2, -0.15) is 0 Å². The minimum atomic E-state index is -1.92. The van der Waals surface area contributed by atoms with E-state index >= 15 is 0 Å². The van der Waals surface area contributed by atoms with Crippen LogP contribution in [0.15, 0.2) is 18.2 Å². The van der Waals surface area contributed by atoms with Crippen LogP contribution in [0, 0.1) is 0 Å². The molecule has 158 valence electrons. The Bertz CT molecular complexity index is 699. The molecular weight excluding hydrogens is 374 g/mol. The Morgan fingerprint density at radius 3 is 2.21 bits per heavy atom. The van der Waals surface area contributed by atoms with Gasteiger partial charge in [-0.1, -0.05) is 26.8 Å². The van der Waals surface area contributed by atoms with E-state index in [0.29, 0.717) is 17.9 Å². The predicted molar refractivity (Wildman–Crippen MR) is 114 cm³/mol. The molecule has 0 aliphatic heterocycles. The van der Waals surface area contributed by atoms with E-state index in [1.807, 2.05) is 12.1 Å². The van der Waals surface area contributed by atoms with Crippen molar-refractivity contribution in [2.24, 2.45) is 5.73 Å². The highest BCUT2D eigenvalue weighted by molar-refractivity contribution is 6.74. The van der Waals surface area contributed by atoms with E-state index in [1.165, 1.54) is 0 Å². The van der Waals surface area contributed by atoms with E-state index in [1.54, 1.807) is 19.9 Å².